The minimum absolute atomic E-state index is 0.111. The molecule has 0 bridgehead atoms. The van der Waals surface area contributed by atoms with E-state index in [2.05, 4.69) is 6.58 Å². The van der Waals surface area contributed by atoms with E-state index in [-0.39, 0.29) is 34.0 Å². The smallest absolute Gasteiger partial charge is 0.245 e. The first-order chi connectivity index (χ1) is 16.2. The largest absolute Gasteiger partial charge is 0.399 e. The van der Waals surface area contributed by atoms with Gasteiger partial charge < -0.3 is 15.5 Å². The Kier molecular flexibility index (Phi) is 6.92. The van der Waals surface area contributed by atoms with Crippen LogP contribution in [0.15, 0.2) is 43.0 Å². The normalized spacial score (nSPS) is 20.4. The predicted octanol–water partition coefficient (Wildman–Crippen LogP) is 5.69. The molecule has 8 heteroatoms. The van der Waals surface area contributed by atoms with Gasteiger partial charge in [-0.15, -0.1) is 0 Å². The average molecular weight is 504 g/mol. The van der Waals surface area contributed by atoms with Crippen LogP contribution in [0.25, 0.3) is 0 Å². The molecule has 2 heterocycles. The molecule has 2 aromatic carbocycles. The summed E-state index contributed by atoms with van der Waals surface area (Å²) >= 11 is 11.9. The molecule has 1 atom stereocenters. The quantitative estimate of drug-likeness (QED) is 0.325. The first-order valence-electron chi connectivity index (χ1n) is 11.4. The highest BCUT2D eigenvalue weighted by molar-refractivity contribution is 6.42. The van der Waals surface area contributed by atoms with Crippen molar-refractivity contribution >= 4 is 46.4 Å². The van der Waals surface area contributed by atoms with Gasteiger partial charge in [-0.3, -0.25) is 9.59 Å². The highest BCUT2D eigenvalue weighted by Gasteiger charge is 2.50. The molecule has 1 saturated carbocycles. The van der Waals surface area contributed by atoms with E-state index in [9.17, 15) is 14.0 Å². The molecular weight excluding hydrogens is 476 g/mol. The first kappa shape index (κ1) is 24.6. The summed E-state index contributed by atoms with van der Waals surface area (Å²) in [5.74, 6) is -0.371. The topological polar surface area (TPSA) is 66.6 Å². The maximum Gasteiger partial charge on any atom is 0.245 e. The SMILES string of the molecule is C=CC(=O)N1CCC(c2c(F)ccc(Cl)c2Cl)C1.CN1C(=O)C2(CCCC2)c2ccc(N)cc21. The van der Waals surface area contributed by atoms with Gasteiger partial charge in [0.15, 0.2) is 0 Å². The molecule has 2 fully saturated rings. The van der Waals surface area contributed by atoms with Crippen LogP contribution in [0, 0.1) is 5.82 Å². The molecule has 1 unspecified atom stereocenters. The third-order valence-electron chi connectivity index (χ3n) is 7.23. The number of benzene rings is 2. The second-order valence-corrected chi connectivity index (χ2v) is 9.95. The Morgan fingerprint density at radius 3 is 2.62 bits per heavy atom. The van der Waals surface area contributed by atoms with Crippen molar-refractivity contribution in [2.75, 3.05) is 30.8 Å². The fraction of sp³-hybridized carbons (Fsp3) is 0.385. The summed E-state index contributed by atoms with van der Waals surface area (Å²) in [6.07, 6.45) is 6.24. The summed E-state index contributed by atoms with van der Waals surface area (Å²) in [6, 6.07) is 8.61. The molecule has 5 rings (SSSR count). The molecular formula is C26H28Cl2FN3O2. The van der Waals surface area contributed by atoms with Gasteiger partial charge >= 0.3 is 0 Å². The van der Waals surface area contributed by atoms with Crippen molar-refractivity contribution < 1.29 is 14.0 Å². The summed E-state index contributed by atoms with van der Waals surface area (Å²) in [7, 11) is 1.85. The number of likely N-dealkylation sites (tertiary alicyclic amines) is 1. The first-order valence-corrected chi connectivity index (χ1v) is 12.2. The molecule has 5 nitrogen and oxygen atoms in total. The molecule has 180 valence electrons. The van der Waals surface area contributed by atoms with Crippen molar-refractivity contribution in [2.45, 2.75) is 43.4 Å². The number of carbonyl (C=O) groups is 2. The third kappa shape index (κ3) is 4.18. The van der Waals surface area contributed by atoms with Gasteiger partial charge in [-0.1, -0.05) is 48.7 Å². The average Bonchev–Trinajstić information content (AvgIpc) is 3.55. The third-order valence-corrected chi connectivity index (χ3v) is 8.05. The highest BCUT2D eigenvalue weighted by Crippen LogP contribution is 2.51. The molecule has 1 saturated heterocycles. The minimum Gasteiger partial charge on any atom is -0.399 e. The second kappa shape index (κ2) is 9.59. The van der Waals surface area contributed by atoms with Gasteiger partial charge in [0.2, 0.25) is 11.8 Å². The maximum atomic E-state index is 13.8. The number of nitrogen functional groups attached to an aromatic ring is 1. The number of anilines is 2. The van der Waals surface area contributed by atoms with E-state index in [0.717, 1.165) is 37.1 Å². The molecule has 2 amide bonds. The molecule has 0 radical (unpaired) electrons. The van der Waals surface area contributed by atoms with Crippen LogP contribution in [0.3, 0.4) is 0 Å². The van der Waals surface area contributed by atoms with Crippen molar-refractivity contribution in [3.05, 3.63) is 70.0 Å². The number of fused-ring (bicyclic) bond motifs is 2. The van der Waals surface area contributed by atoms with Crippen LogP contribution in [0.2, 0.25) is 10.0 Å². The summed E-state index contributed by atoms with van der Waals surface area (Å²) in [5, 5.41) is 0.580. The van der Waals surface area contributed by atoms with Crippen LogP contribution in [0.1, 0.15) is 49.1 Å². The Balaban J connectivity index is 0.000000162. The zero-order chi connectivity index (χ0) is 24.6. The molecule has 1 aliphatic carbocycles. The Labute approximate surface area is 209 Å². The van der Waals surface area contributed by atoms with Crippen molar-refractivity contribution in [3.63, 3.8) is 0 Å². The molecule has 2 aliphatic heterocycles. The van der Waals surface area contributed by atoms with Gasteiger partial charge in [-0.25, -0.2) is 4.39 Å². The standard InChI is InChI=1S/C13H12Cl2FNO.C13H16N2O/c1-2-11(18)17-6-5-8(7-17)12-10(16)4-3-9(14)13(12)15;1-15-11-8-9(14)4-5-10(11)13(12(15)16)6-2-3-7-13/h2-4,8H,1,5-7H2;4-5,8H,2-3,6-7,14H2,1H3. The predicted molar refractivity (Wildman–Crippen MR) is 135 cm³/mol. The lowest BCUT2D eigenvalue weighted by molar-refractivity contribution is -0.125. The minimum atomic E-state index is -0.373. The highest BCUT2D eigenvalue weighted by atomic mass is 35.5. The Hall–Kier alpha value is -2.57. The number of hydrogen-bond donors (Lipinski definition) is 1. The van der Waals surface area contributed by atoms with Gasteiger partial charge in [0.05, 0.1) is 15.5 Å². The van der Waals surface area contributed by atoms with Gasteiger partial charge in [-0.05, 0) is 55.2 Å². The summed E-state index contributed by atoms with van der Waals surface area (Å²) in [4.78, 5) is 27.3. The van der Waals surface area contributed by atoms with Gasteiger partial charge in [-0.2, -0.15) is 0 Å². The Bertz CT molecular complexity index is 1150. The van der Waals surface area contributed by atoms with Crippen molar-refractivity contribution in [3.8, 4) is 0 Å². The van der Waals surface area contributed by atoms with E-state index in [4.69, 9.17) is 28.9 Å². The number of carbonyl (C=O) groups excluding carboxylic acids is 2. The van der Waals surface area contributed by atoms with Gasteiger partial charge in [0, 0.05) is 43.0 Å². The van der Waals surface area contributed by atoms with Crippen LogP contribution >= 0.6 is 23.2 Å². The lowest BCUT2D eigenvalue weighted by atomic mass is 9.80. The molecule has 3 aliphatic rings. The van der Waals surface area contributed by atoms with Crippen LogP contribution in [0.5, 0.6) is 0 Å². The van der Waals surface area contributed by atoms with E-state index in [1.54, 1.807) is 9.80 Å². The van der Waals surface area contributed by atoms with Gasteiger partial charge in [0.25, 0.3) is 0 Å². The van der Waals surface area contributed by atoms with Crippen LogP contribution in [-0.2, 0) is 15.0 Å². The fourth-order valence-electron chi connectivity index (χ4n) is 5.48. The number of amides is 2. The second-order valence-electron chi connectivity index (χ2n) is 9.16. The van der Waals surface area contributed by atoms with Gasteiger partial charge in [0.1, 0.15) is 5.82 Å². The number of nitrogens with two attached hydrogens (primary N) is 1. The monoisotopic (exact) mass is 503 g/mol. The lowest BCUT2D eigenvalue weighted by Crippen LogP contribution is -2.36. The van der Waals surface area contributed by atoms with Crippen molar-refractivity contribution in [1.82, 2.24) is 4.90 Å². The van der Waals surface area contributed by atoms with Crippen LogP contribution in [-0.4, -0.2) is 36.9 Å². The van der Waals surface area contributed by atoms with E-state index in [0.29, 0.717) is 30.1 Å². The molecule has 1 spiro atoms. The van der Waals surface area contributed by atoms with Crippen LogP contribution < -0.4 is 10.6 Å². The zero-order valence-electron chi connectivity index (χ0n) is 19.1. The van der Waals surface area contributed by atoms with Crippen molar-refractivity contribution in [2.24, 2.45) is 0 Å². The maximum absolute atomic E-state index is 13.8. The molecule has 2 N–H and O–H groups in total. The number of halogens is 3. The summed E-state index contributed by atoms with van der Waals surface area (Å²) < 4.78 is 13.8. The molecule has 2 aromatic rings. The number of likely N-dealkylation sites (N-methyl/N-ethyl adjacent to an activating group) is 1. The van der Waals surface area contributed by atoms with Crippen molar-refractivity contribution in [1.29, 1.82) is 0 Å². The molecule has 34 heavy (non-hydrogen) atoms. The summed E-state index contributed by atoms with van der Waals surface area (Å²) in [5.41, 5.74) is 8.89. The number of rotatable bonds is 2. The number of hydrogen-bond acceptors (Lipinski definition) is 3. The van der Waals surface area contributed by atoms with E-state index in [1.807, 2.05) is 25.2 Å². The van der Waals surface area contributed by atoms with Crippen LogP contribution in [0.4, 0.5) is 15.8 Å². The van der Waals surface area contributed by atoms with E-state index < -0.39 is 0 Å². The lowest BCUT2D eigenvalue weighted by Gasteiger charge is -2.21. The Morgan fingerprint density at radius 2 is 1.94 bits per heavy atom. The zero-order valence-corrected chi connectivity index (χ0v) is 20.6. The Morgan fingerprint density at radius 1 is 1.24 bits per heavy atom. The number of nitrogens with zero attached hydrogens (tertiary/aromatic N) is 2. The summed E-state index contributed by atoms with van der Waals surface area (Å²) in [6.45, 7) is 4.47. The molecule has 0 aromatic heterocycles. The van der Waals surface area contributed by atoms with E-state index >= 15 is 0 Å². The van der Waals surface area contributed by atoms with E-state index in [1.165, 1.54) is 23.8 Å². The fourth-order valence-corrected chi connectivity index (χ4v) is 5.95.